The Morgan fingerprint density at radius 3 is 0.639 bits per heavy atom. The van der Waals surface area contributed by atoms with Crippen molar-refractivity contribution in [1.29, 1.82) is 0 Å². The molecule has 0 saturated heterocycles. The smallest absolute Gasteiger partial charge is 0.657 e. The van der Waals surface area contributed by atoms with E-state index in [4.69, 9.17) is 19.9 Å². The van der Waals surface area contributed by atoms with Gasteiger partial charge >= 0.3 is 19.5 Å². The van der Waals surface area contributed by atoms with Crippen LogP contribution in [0.3, 0.4) is 0 Å². The van der Waals surface area contributed by atoms with Crippen LogP contribution >= 0.6 is 0 Å². The zero-order chi connectivity index (χ0) is 44.2. The minimum absolute atomic E-state index is 0. The van der Waals surface area contributed by atoms with E-state index in [1.807, 2.05) is 0 Å². The zero-order valence-electron chi connectivity index (χ0n) is 40.0. The van der Waals surface area contributed by atoms with E-state index in [1.165, 1.54) is 0 Å². The first-order valence-electron chi connectivity index (χ1n) is 21.4. The first-order valence-corrected chi connectivity index (χ1v) is 21.4. The molecule has 4 nitrogen and oxygen atoms in total. The van der Waals surface area contributed by atoms with E-state index in [1.54, 1.807) is 0 Å². The molecule has 61 heavy (non-hydrogen) atoms. The molecule has 2 aliphatic heterocycles. The van der Waals surface area contributed by atoms with E-state index >= 15 is 0 Å². The standard InChI is InChI=1S/C36H20N4.4C5H12.Zn/c1-2-10-22-21(9-1)29-17-31-23-11-3-4-12-24(23)33(38-31)19-35-27-15-7-8-16-28(27)36(40-35)20-34-26-14-6-5-13-25(26)32(39-34)18-30(22)37-29;4*1-5(2,3)4;/h1-20H;4*1-4H3;/q-2;;;;;+2. The first-order chi connectivity index (χ1) is 27.8. The number of aromatic nitrogens is 4. The maximum Gasteiger partial charge on any atom is 2.00 e. The molecule has 9 rings (SSSR count). The Morgan fingerprint density at radius 1 is 0.295 bits per heavy atom. The fraction of sp³-hybridized carbons (Fsp3) is 0.357. The molecule has 4 aromatic carbocycles. The average molecular weight is 863 g/mol. The van der Waals surface area contributed by atoms with Crippen LogP contribution in [0.2, 0.25) is 0 Å². The molecule has 2 aliphatic rings. The van der Waals surface area contributed by atoms with E-state index in [0.29, 0.717) is 21.7 Å². The molecule has 0 fully saturated rings. The molecule has 0 unspecified atom stereocenters. The monoisotopic (exact) mass is 860 g/mol. The van der Waals surface area contributed by atoms with E-state index < -0.39 is 0 Å². The van der Waals surface area contributed by atoms with Crippen LogP contribution in [0.1, 0.15) is 111 Å². The molecule has 5 heteroatoms. The molecule has 0 radical (unpaired) electrons. The molecule has 0 amide bonds. The predicted octanol–water partition coefficient (Wildman–Crippen LogP) is 16.8. The zero-order valence-corrected chi connectivity index (χ0v) is 43.0. The Balaban J connectivity index is 0.000000329. The minimum Gasteiger partial charge on any atom is -0.657 e. The van der Waals surface area contributed by atoms with Gasteiger partial charge in [-0.15, -0.1) is 22.1 Å². The van der Waals surface area contributed by atoms with Crippen molar-refractivity contribution in [3.05, 3.63) is 121 Å². The summed E-state index contributed by atoms with van der Waals surface area (Å²) in [7, 11) is 0. The van der Waals surface area contributed by atoms with Crippen molar-refractivity contribution >= 4 is 43.6 Å². The Labute approximate surface area is 379 Å². The Hall–Kier alpha value is -4.86. The predicted molar refractivity (Wildman–Crippen MR) is 263 cm³/mol. The summed E-state index contributed by atoms with van der Waals surface area (Å²) < 4.78 is 0. The molecule has 8 bridgehead atoms. The van der Waals surface area contributed by atoms with E-state index in [9.17, 15) is 0 Å². The molecular weight excluding hydrogens is 794 g/mol. The van der Waals surface area contributed by atoms with Gasteiger partial charge < -0.3 is 9.97 Å². The summed E-state index contributed by atoms with van der Waals surface area (Å²) in [5.74, 6) is 0. The number of fused-ring (bicyclic) bond motifs is 20. The maximum absolute atomic E-state index is 5.13. The number of hydrogen-bond donors (Lipinski definition) is 0. The summed E-state index contributed by atoms with van der Waals surface area (Å²) in [6, 6.07) is 42.1. The van der Waals surface area contributed by atoms with Gasteiger partial charge in [0.2, 0.25) is 0 Å². The maximum atomic E-state index is 5.13. The second kappa shape index (κ2) is 19.5. The number of nitrogens with zero attached hydrogens (tertiary/aromatic N) is 4. The summed E-state index contributed by atoms with van der Waals surface area (Å²) in [6.45, 7) is 35.0. The molecule has 7 aromatic rings. The van der Waals surface area contributed by atoms with E-state index in [0.717, 1.165) is 88.6 Å². The molecule has 0 atom stereocenters. The molecule has 0 aliphatic carbocycles. The Kier molecular flexibility index (Phi) is 15.6. The largest absolute Gasteiger partial charge is 2.00 e. The SMILES string of the molecule is CC(C)(C)C.CC(C)(C)C.CC(C)(C)C.CC(C)(C)C.[Zn+2].c1ccc2c(c1)-c1cc3[n-]c(cc4nc(cc5[n-]c(cc-2n1)c1ccccc51)-c1ccccc1-4)c1ccccc31. The van der Waals surface area contributed by atoms with Crippen molar-refractivity contribution in [3.8, 4) is 45.0 Å². The topological polar surface area (TPSA) is 54.0 Å². The van der Waals surface area contributed by atoms with E-state index in [2.05, 4.69) is 232 Å². The van der Waals surface area contributed by atoms with Crippen LogP contribution < -0.4 is 9.97 Å². The third kappa shape index (κ3) is 14.6. The third-order valence-electron chi connectivity index (χ3n) is 7.97. The molecule has 0 saturated carbocycles. The van der Waals surface area contributed by atoms with Crippen LogP contribution in [0.5, 0.6) is 0 Å². The van der Waals surface area contributed by atoms with Crippen LogP contribution in [-0.2, 0) is 19.5 Å². The second-order valence-electron chi connectivity index (χ2n) is 22.3. The summed E-state index contributed by atoms with van der Waals surface area (Å²) in [5, 5.41) is 4.41. The van der Waals surface area contributed by atoms with Crippen LogP contribution in [-0.4, -0.2) is 9.97 Å². The van der Waals surface area contributed by atoms with Crippen molar-refractivity contribution < 1.29 is 19.5 Å². The van der Waals surface area contributed by atoms with Gasteiger partial charge in [-0.05, 0) is 67.5 Å². The number of benzene rings is 4. The van der Waals surface area contributed by atoms with Crippen LogP contribution in [0.25, 0.3) is 88.6 Å². The average Bonchev–Trinajstić information content (AvgIpc) is 3.85. The van der Waals surface area contributed by atoms with Crippen molar-refractivity contribution in [1.82, 2.24) is 19.9 Å². The first kappa shape index (κ1) is 48.8. The van der Waals surface area contributed by atoms with Crippen molar-refractivity contribution in [2.75, 3.05) is 0 Å². The molecule has 3 aromatic heterocycles. The molecule has 314 valence electrons. The van der Waals surface area contributed by atoms with Crippen molar-refractivity contribution in [3.63, 3.8) is 0 Å². The molecule has 0 N–H and O–H groups in total. The van der Waals surface area contributed by atoms with Gasteiger partial charge in [0.25, 0.3) is 0 Å². The Bertz CT molecular complexity index is 2340. The minimum atomic E-state index is 0. The third-order valence-corrected chi connectivity index (χ3v) is 7.97. The van der Waals surface area contributed by atoms with Gasteiger partial charge in [0.05, 0.1) is 22.8 Å². The number of rotatable bonds is 0. The van der Waals surface area contributed by atoms with Gasteiger partial charge in [-0.25, -0.2) is 9.97 Å². The number of hydrogen-bond acceptors (Lipinski definition) is 2. The summed E-state index contributed by atoms with van der Waals surface area (Å²) >= 11 is 0. The summed E-state index contributed by atoms with van der Waals surface area (Å²) in [4.78, 5) is 20.5. The normalized spacial score (nSPS) is 11.8. The van der Waals surface area contributed by atoms with Gasteiger partial charge in [0.1, 0.15) is 0 Å². The molecule has 0 spiro atoms. The van der Waals surface area contributed by atoms with Gasteiger partial charge in [0, 0.05) is 22.3 Å². The van der Waals surface area contributed by atoms with Gasteiger partial charge in [-0.2, -0.15) is 0 Å². The fourth-order valence-corrected chi connectivity index (χ4v) is 6.12. The molecule has 5 heterocycles. The van der Waals surface area contributed by atoms with Crippen molar-refractivity contribution in [2.24, 2.45) is 21.7 Å². The van der Waals surface area contributed by atoms with Gasteiger partial charge in [-0.1, -0.05) is 208 Å². The quantitative estimate of drug-likeness (QED) is 0.143. The van der Waals surface area contributed by atoms with Crippen LogP contribution in [0, 0.1) is 21.7 Å². The van der Waals surface area contributed by atoms with Crippen molar-refractivity contribution in [2.45, 2.75) is 111 Å². The van der Waals surface area contributed by atoms with Crippen LogP contribution in [0.15, 0.2) is 121 Å². The molecular formula is C56H68N4Zn. The summed E-state index contributed by atoms with van der Waals surface area (Å²) in [6.07, 6.45) is 0. The second-order valence-corrected chi connectivity index (χ2v) is 22.3. The Morgan fingerprint density at radius 2 is 0.459 bits per heavy atom. The van der Waals surface area contributed by atoms with Crippen LogP contribution in [0.4, 0.5) is 0 Å². The summed E-state index contributed by atoms with van der Waals surface area (Å²) in [5.41, 5.74) is 13.7. The fourth-order valence-electron chi connectivity index (χ4n) is 6.12. The van der Waals surface area contributed by atoms with Gasteiger partial charge in [-0.3, -0.25) is 0 Å². The van der Waals surface area contributed by atoms with Gasteiger partial charge in [0.15, 0.2) is 0 Å². The van der Waals surface area contributed by atoms with E-state index in [-0.39, 0.29) is 19.5 Å².